The minimum absolute atomic E-state index is 0.215. The van der Waals surface area contributed by atoms with Gasteiger partial charge in [-0.25, -0.2) is 0 Å². The molecule has 0 saturated carbocycles. The topological polar surface area (TPSA) is 32.3 Å². The van der Waals surface area contributed by atoms with Crippen LogP contribution in [0, 0.1) is 5.41 Å². The predicted octanol–water partition coefficient (Wildman–Crippen LogP) is 2.36. The highest BCUT2D eigenvalue weighted by atomic mass is 35.5. The molecule has 2 rings (SSSR count). The molecule has 2 heterocycles. The standard InChI is InChI=1S/C12H17ClN2OS/c1-12(5-6-14-8-12)11(16)15(2)7-9-3-4-10(13)17-9/h3-4,14H,5-8H2,1-2H3. The summed E-state index contributed by atoms with van der Waals surface area (Å²) in [5.41, 5.74) is -0.240. The lowest BCUT2D eigenvalue weighted by atomic mass is 9.88. The number of amides is 1. The second kappa shape index (κ2) is 4.96. The first-order chi connectivity index (χ1) is 8.01. The summed E-state index contributed by atoms with van der Waals surface area (Å²) >= 11 is 7.41. The van der Waals surface area contributed by atoms with Gasteiger partial charge in [-0.1, -0.05) is 11.6 Å². The van der Waals surface area contributed by atoms with Gasteiger partial charge in [0.2, 0.25) is 5.91 Å². The first-order valence-corrected chi connectivity index (χ1v) is 6.91. The van der Waals surface area contributed by atoms with E-state index in [1.807, 2.05) is 26.1 Å². The average molecular weight is 273 g/mol. The molecule has 1 aromatic heterocycles. The molecule has 1 amide bonds. The van der Waals surface area contributed by atoms with Crippen molar-refractivity contribution in [2.24, 2.45) is 5.41 Å². The van der Waals surface area contributed by atoms with Gasteiger partial charge in [-0.05, 0) is 32.0 Å². The van der Waals surface area contributed by atoms with Crippen molar-refractivity contribution >= 4 is 28.8 Å². The molecule has 1 saturated heterocycles. The molecule has 1 aliphatic heterocycles. The van der Waals surface area contributed by atoms with Crippen LogP contribution >= 0.6 is 22.9 Å². The first kappa shape index (κ1) is 12.9. The number of nitrogens with zero attached hydrogens (tertiary/aromatic N) is 1. The molecule has 5 heteroatoms. The number of rotatable bonds is 3. The molecule has 1 atom stereocenters. The Kier molecular flexibility index (Phi) is 3.76. The minimum atomic E-state index is -0.240. The van der Waals surface area contributed by atoms with Gasteiger partial charge in [0.25, 0.3) is 0 Å². The van der Waals surface area contributed by atoms with Crippen molar-refractivity contribution in [3.63, 3.8) is 0 Å². The van der Waals surface area contributed by atoms with E-state index in [0.29, 0.717) is 6.54 Å². The van der Waals surface area contributed by atoms with Crippen LogP contribution in [0.5, 0.6) is 0 Å². The van der Waals surface area contributed by atoms with E-state index in [2.05, 4.69) is 5.32 Å². The predicted molar refractivity (Wildman–Crippen MR) is 71.4 cm³/mol. The summed E-state index contributed by atoms with van der Waals surface area (Å²) < 4.78 is 0.773. The van der Waals surface area contributed by atoms with E-state index < -0.39 is 0 Å². The molecule has 1 unspecified atom stereocenters. The van der Waals surface area contributed by atoms with E-state index in [1.165, 1.54) is 11.3 Å². The smallest absolute Gasteiger partial charge is 0.229 e. The molecule has 1 aromatic rings. The van der Waals surface area contributed by atoms with Gasteiger partial charge in [0, 0.05) is 18.5 Å². The second-order valence-corrected chi connectivity index (χ2v) is 6.65. The molecule has 0 radical (unpaired) electrons. The van der Waals surface area contributed by atoms with Crippen molar-refractivity contribution in [2.75, 3.05) is 20.1 Å². The molecule has 0 aromatic carbocycles. The zero-order chi connectivity index (χ0) is 12.5. The van der Waals surface area contributed by atoms with E-state index >= 15 is 0 Å². The van der Waals surface area contributed by atoms with Gasteiger partial charge in [0.15, 0.2) is 0 Å². The monoisotopic (exact) mass is 272 g/mol. The van der Waals surface area contributed by atoms with Crippen LogP contribution in [-0.2, 0) is 11.3 Å². The summed E-state index contributed by atoms with van der Waals surface area (Å²) in [5, 5.41) is 3.25. The highest BCUT2D eigenvalue weighted by molar-refractivity contribution is 7.16. The van der Waals surface area contributed by atoms with Crippen LogP contribution in [0.3, 0.4) is 0 Å². The lowest BCUT2D eigenvalue weighted by Crippen LogP contribution is -2.41. The lowest BCUT2D eigenvalue weighted by molar-refractivity contribution is -0.139. The van der Waals surface area contributed by atoms with Crippen LogP contribution in [0.4, 0.5) is 0 Å². The Hall–Kier alpha value is -0.580. The molecule has 1 N–H and O–H groups in total. The number of hydrogen-bond donors (Lipinski definition) is 1. The Bertz CT molecular complexity index is 412. The van der Waals surface area contributed by atoms with Crippen LogP contribution in [0.25, 0.3) is 0 Å². The first-order valence-electron chi connectivity index (χ1n) is 5.72. The van der Waals surface area contributed by atoms with E-state index in [9.17, 15) is 4.79 Å². The van der Waals surface area contributed by atoms with E-state index in [1.54, 1.807) is 4.90 Å². The SMILES string of the molecule is CN(Cc1ccc(Cl)s1)C(=O)C1(C)CCNC1. The number of nitrogens with one attached hydrogen (secondary N) is 1. The highest BCUT2D eigenvalue weighted by Gasteiger charge is 2.38. The van der Waals surface area contributed by atoms with Crippen molar-refractivity contribution in [3.05, 3.63) is 21.3 Å². The van der Waals surface area contributed by atoms with E-state index in [-0.39, 0.29) is 11.3 Å². The molecular weight excluding hydrogens is 256 g/mol. The maximum Gasteiger partial charge on any atom is 0.229 e. The van der Waals surface area contributed by atoms with Crippen molar-refractivity contribution in [1.29, 1.82) is 0 Å². The van der Waals surface area contributed by atoms with Gasteiger partial charge in [-0.3, -0.25) is 4.79 Å². The van der Waals surface area contributed by atoms with Crippen molar-refractivity contribution in [3.8, 4) is 0 Å². The fourth-order valence-corrected chi connectivity index (χ4v) is 3.34. The second-order valence-electron chi connectivity index (χ2n) is 4.85. The summed E-state index contributed by atoms with van der Waals surface area (Å²) in [6.07, 6.45) is 0.918. The number of carbonyl (C=O) groups is 1. The van der Waals surface area contributed by atoms with Crippen LogP contribution in [-0.4, -0.2) is 30.9 Å². The minimum Gasteiger partial charge on any atom is -0.340 e. The van der Waals surface area contributed by atoms with Crippen molar-refractivity contribution in [2.45, 2.75) is 19.9 Å². The van der Waals surface area contributed by atoms with Crippen LogP contribution in [0.2, 0.25) is 4.34 Å². The lowest BCUT2D eigenvalue weighted by Gasteiger charge is -2.28. The molecule has 1 aliphatic rings. The van der Waals surface area contributed by atoms with Crippen LogP contribution in [0.15, 0.2) is 12.1 Å². The Morgan fingerprint density at radius 3 is 2.94 bits per heavy atom. The summed E-state index contributed by atoms with van der Waals surface area (Å²) in [4.78, 5) is 15.3. The molecule has 0 bridgehead atoms. The van der Waals surface area contributed by atoms with Crippen LogP contribution in [0.1, 0.15) is 18.2 Å². The molecule has 0 aliphatic carbocycles. The van der Waals surface area contributed by atoms with Gasteiger partial charge >= 0.3 is 0 Å². The van der Waals surface area contributed by atoms with Gasteiger partial charge in [0.1, 0.15) is 0 Å². The maximum atomic E-state index is 12.3. The van der Waals surface area contributed by atoms with Crippen molar-refractivity contribution in [1.82, 2.24) is 10.2 Å². The molecule has 1 fully saturated rings. The van der Waals surface area contributed by atoms with E-state index in [4.69, 9.17) is 11.6 Å². The third kappa shape index (κ3) is 2.81. The third-order valence-corrected chi connectivity index (χ3v) is 4.47. The van der Waals surface area contributed by atoms with Gasteiger partial charge in [-0.2, -0.15) is 0 Å². The molecule has 0 spiro atoms. The fraction of sp³-hybridized carbons (Fsp3) is 0.583. The Balaban J connectivity index is 2.00. The molecule has 3 nitrogen and oxygen atoms in total. The normalized spacial score (nSPS) is 23.9. The molecule has 17 heavy (non-hydrogen) atoms. The zero-order valence-electron chi connectivity index (χ0n) is 10.1. The average Bonchev–Trinajstić information content (AvgIpc) is 2.88. The number of carbonyl (C=O) groups excluding carboxylic acids is 1. The summed E-state index contributed by atoms with van der Waals surface area (Å²) in [7, 11) is 1.86. The summed E-state index contributed by atoms with van der Waals surface area (Å²) in [6.45, 7) is 4.39. The zero-order valence-corrected chi connectivity index (χ0v) is 11.7. The maximum absolute atomic E-state index is 12.3. The quantitative estimate of drug-likeness (QED) is 0.916. The van der Waals surface area contributed by atoms with Gasteiger partial charge in [-0.15, -0.1) is 11.3 Å². The Morgan fingerprint density at radius 2 is 2.41 bits per heavy atom. The summed E-state index contributed by atoms with van der Waals surface area (Å²) in [5.74, 6) is 0.215. The van der Waals surface area contributed by atoms with E-state index in [0.717, 1.165) is 28.7 Å². The molecule has 94 valence electrons. The van der Waals surface area contributed by atoms with Crippen molar-refractivity contribution < 1.29 is 4.79 Å². The Labute approximate surface area is 111 Å². The highest BCUT2D eigenvalue weighted by Crippen LogP contribution is 2.28. The fourth-order valence-electron chi connectivity index (χ4n) is 2.20. The summed E-state index contributed by atoms with van der Waals surface area (Å²) in [6, 6.07) is 3.85. The number of thiophene rings is 1. The largest absolute Gasteiger partial charge is 0.340 e. The van der Waals surface area contributed by atoms with Crippen LogP contribution < -0.4 is 5.32 Å². The van der Waals surface area contributed by atoms with Gasteiger partial charge in [0.05, 0.1) is 16.3 Å². The van der Waals surface area contributed by atoms with Gasteiger partial charge < -0.3 is 10.2 Å². The Morgan fingerprint density at radius 1 is 1.65 bits per heavy atom. The number of hydrogen-bond acceptors (Lipinski definition) is 3. The third-order valence-electron chi connectivity index (χ3n) is 3.25. The number of halogens is 1. The molecular formula is C12H17ClN2OS.